The van der Waals surface area contributed by atoms with Crippen molar-refractivity contribution in [3.05, 3.63) is 28.8 Å². The minimum atomic E-state index is -3.49. The number of rotatable bonds is 4. The van der Waals surface area contributed by atoms with Crippen molar-refractivity contribution in [1.82, 2.24) is 4.72 Å². The number of nitrogens with two attached hydrogens (primary N) is 1. The normalized spacial score (nSPS) is 23.8. The molecule has 0 aliphatic heterocycles. The second kappa shape index (κ2) is 6.43. The van der Waals surface area contributed by atoms with Crippen LogP contribution in [-0.2, 0) is 16.6 Å². The first kappa shape index (κ1) is 15.8. The molecule has 0 unspecified atom stereocenters. The van der Waals surface area contributed by atoms with E-state index in [1.165, 1.54) is 6.07 Å². The zero-order valence-electron chi connectivity index (χ0n) is 11.6. The van der Waals surface area contributed by atoms with E-state index in [1.807, 2.05) is 0 Å². The molecular weight excluding hydrogens is 296 g/mol. The number of hydrogen-bond acceptors (Lipinski definition) is 3. The van der Waals surface area contributed by atoms with Crippen LogP contribution in [0.25, 0.3) is 0 Å². The summed E-state index contributed by atoms with van der Waals surface area (Å²) in [6.07, 6.45) is 3.94. The lowest BCUT2D eigenvalue weighted by Crippen LogP contribution is -2.37. The van der Waals surface area contributed by atoms with E-state index in [4.69, 9.17) is 17.3 Å². The molecule has 6 heteroatoms. The molecule has 0 saturated heterocycles. The number of hydrogen-bond donors (Lipinski definition) is 2. The van der Waals surface area contributed by atoms with Gasteiger partial charge in [-0.25, -0.2) is 13.1 Å². The molecule has 0 bridgehead atoms. The molecule has 1 fully saturated rings. The largest absolute Gasteiger partial charge is 0.326 e. The number of benzene rings is 1. The Hall–Kier alpha value is -0.620. The van der Waals surface area contributed by atoms with E-state index in [1.54, 1.807) is 12.1 Å². The molecule has 0 atom stereocenters. The van der Waals surface area contributed by atoms with Gasteiger partial charge in [-0.05, 0) is 55.4 Å². The number of halogens is 1. The van der Waals surface area contributed by atoms with Crippen LogP contribution in [0.15, 0.2) is 23.1 Å². The Labute approximate surface area is 125 Å². The van der Waals surface area contributed by atoms with E-state index in [0.717, 1.165) is 25.7 Å². The molecule has 3 N–H and O–H groups in total. The maximum absolute atomic E-state index is 12.4. The second-order valence-electron chi connectivity index (χ2n) is 5.54. The quantitative estimate of drug-likeness (QED) is 0.897. The Morgan fingerprint density at radius 1 is 1.30 bits per heavy atom. The van der Waals surface area contributed by atoms with Gasteiger partial charge in [-0.1, -0.05) is 18.5 Å². The Morgan fingerprint density at radius 3 is 2.55 bits per heavy atom. The molecule has 2 rings (SSSR count). The van der Waals surface area contributed by atoms with Crippen LogP contribution < -0.4 is 10.5 Å². The standard InChI is InChI=1S/C14H21ClN2O2S/c1-10-2-4-12(5-3-10)17-20(18,19)13-6-7-14(15)11(8-13)9-16/h6-8,10,12,17H,2-5,9,16H2,1H3. The highest BCUT2D eigenvalue weighted by Crippen LogP contribution is 2.25. The van der Waals surface area contributed by atoms with Crippen molar-refractivity contribution in [2.45, 2.75) is 50.1 Å². The third-order valence-corrected chi connectivity index (χ3v) is 5.77. The molecule has 0 radical (unpaired) electrons. The monoisotopic (exact) mass is 316 g/mol. The topological polar surface area (TPSA) is 72.2 Å². The van der Waals surface area contributed by atoms with Crippen molar-refractivity contribution in [3.8, 4) is 0 Å². The smallest absolute Gasteiger partial charge is 0.240 e. The van der Waals surface area contributed by atoms with Crippen molar-refractivity contribution >= 4 is 21.6 Å². The minimum absolute atomic E-state index is 0.0354. The van der Waals surface area contributed by atoms with Crippen LogP contribution in [0.2, 0.25) is 5.02 Å². The van der Waals surface area contributed by atoms with Gasteiger partial charge in [0.1, 0.15) is 0 Å². The van der Waals surface area contributed by atoms with Crippen LogP contribution in [-0.4, -0.2) is 14.5 Å². The van der Waals surface area contributed by atoms with E-state index < -0.39 is 10.0 Å². The zero-order chi connectivity index (χ0) is 14.8. The third-order valence-electron chi connectivity index (χ3n) is 3.89. The van der Waals surface area contributed by atoms with Crippen LogP contribution in [0.5, 0.6) is 0 Å². The molecule has 0 spiro atoms. The lowest BCUT2D eigenvalue weighted by atomic mass is 9.88. The Kier molecular flexibility index (Phi) is 5.07. The van der Waals surface area contributed by atoms with Crippen molar-refractivity contribution in [2.24, 2.45) is 11.7 Å². The Morgan fingerprint density at radius 2 is 1.95 bits per heavy atom. The van der Waals surface area contributed by atoms with Gasteiger partial charge in [0.2, 0.25) is 10.0 Å². The molecule has 1 saturated carbocycles. The van der Waals surface area contributed by atoms with E-state index in [2.05, 4.69) is 11.6 Å². The average Bonchev–Trinajstić information content (AvgIpc) is 2.41. The van der Waals surface area contributed by atoms with Crippen LogP contribution in [0.3, 0.4) is 0 Å². The van der Waals surface area contributed by atoms with Gasteiger partial charge in [0.25, 0.3) is 0 Å². The highest BCUT2D eigenvalue weighted by molar-refractivity contribution is 7.89. The van der Waals surface area contributed by atoms with Gasteiger partial charge in [-0.3, -0.25) is 0 Å². The second-order valence-corrected chi connectivity index (χ2v) is 7.66. The Balaban J connectivity index is 2.14. The maximum atomic E-state index is 12.4. The fourth-order valence-corrected chi connectivity index (χ4v) is 4.09. The highest BCUT2D eigenvalue weighted by atomic mass is 35.5. The van der Waals surface area contributed by atoms with Gasteiger partial charge in [-0.2, -0.15) is 0 Å². The predicted octanol–water partition coefficient (Wildman–Crippen LogP) is 2.66. The van der Waals surface area contributed by atoms with Crippen LogP contribution in [0.4, 0.5) is 0 Å². The molecule has 0 aromatic heterocycles. The van der Waals surface area contributed by atoms with Gasteiger partial charge in [0.15, 0.2) is 0 Å². The van der Waals surface area contributed by atoms with Gasteiger partial charge >= 0.3 is 0 Å². The summed E-state index contributed by atoms with van der Waals surface area (Å²) in [7, 11) is -3.49. The molecule has 20 heavy (non-hydrogen) atoms. The zero-order valence-corrected chi connectivity index (χ0v) is 13.2. The summed E-state index contributed by atoms with van der Waals surface area (Å²) in [5.41, 5.74) is 6.21. The molecular formula is C14H21ClN2O2S. The van der Waals surface area contributed by atoms with Crippen LogP contribution >= 0.6 is 11.6 Å². The van der Waals surface area contributed by atoms with Gasteiger partial charge in [0, 0.05) is 17.6 Å². The minimum Gasteiger partial charge on any atom is -0.326 e. The average molecular weight is 317 g/mol. The van der Waals surface area contributed by atoms with E-state index in [-0.39, 0.29) is 17.5 Å². The lowest BCUT2D eigenvalue weighted by Gasteiger charge is -2.26. The van der Waals surface area contributed by atoms with E-state index in [9.17, 15) is 8.42 Å². The Bertz CT molecular complexity index is 567. The molecule has 112 valence electrons. The van der Waals surface area contributed by atoms with Crippen molar-refractivity contribution < 1.29 is 8.42 Å². The third kappa shape index (κ3) is 3.73. The molecule has 1 aliphatic rings. The van der Waals surface area contributed by atoms with E-state index >= 15 is 0 Å². The maximum Gasteiger partial charge on any atom is 0.240 e. The SMILES string of the molecule is CC1CCC(NS(=O)(=O)c2ccc(Cl)c(CN)c2)CC1. The summed E-state index contributed by atoms with van der Waals surface area (Å²) in [5.74, 6) is 0.690. The first-order valence-corrected chi connectivity index (χ1v) is 8.79. The van der Waals surface area contributed by atoms with Crippen LogP contribution in [0.1, 0.15) is 38.2 Å². The van der Waals surface area contributed by atoms with Crippen molar-refractivity contribution in [1.29, 1.82) is 0 Å². The summed E-state index contributed by atoms with van der Waals surface area (Å²) in [6.45, 7) is 2.43. The molecule has 0 heterocycles. The van der Waals surface area contributed by atoms with Crippen molar-refractivity contribution in [3.63, 3.8) is 0 Å². The number of sulfonamides is 1. The number of nitrogens with one attached hydrogen (secondary N) is 1. The van der Waals surface area contributed by atoms with Crippen LogP contribution in [0, 0.1) is 5.92 Å². The summed E-state index contributed by atoms with van der Waals surface area (Å²) < 4.78 is 27.5. The fraction of sp³-hybridized carbons (Fsp3) is 0.571. The predicted molar refractivity (Wildman–Crippen MR) is 81.1 cm³/mol. The fourth-order valence-electron chi connectivity index (χ4n) is 2.54. The highest BCUT2D eigenvalue weighted by Gasteiger charge is 2.24. The van der Waals surface area contributed by atoms with Gasteiger partial charge in [0.05, 0.1) is 4.90 Å². The molecule has 1 aromatic rings. The molecule has 4 nitrogen and oxygen atoms in total. The molecule has 0 amide bonds. The first-order valence-electron chi connectivity index (χ1n) is 6.93. The molecule has 1 aromatic carbocycles. The lowest BCUT2D eigenvalue weighted by molar-refractivity contribution is 0.332. The summed E-state index contributed by atoms with van der Waals surface area (Å²) in [6, 6.07) is 4.69. The summed E-state index contributed by atoms with van der Waals surface area (Å²) in [5, 5.41) is 0.498. The first-order chi connectivity index (χ1) is 9.42. The molecule has 1 aliphatic carbocycles. The summed E-state index contributed by atoms with van der Waals surface area (Å²) in [4.78, 5) is 0.237. The van der Waals surface area contributed by atoms with Crippen molar-refractivity contribution in [2.75, 3.05) is 0 Å². The van der Waals surface area contributed by atoms with Gasteiger partial charge < -0.3 is 5.73 Å². The van der Waals surface area contributed by atoms with E-state index in [0.29, 0.717) is 16.5 Å². The summed E-state index contributed by atoms with van der Waals surface area (Å²) >= 11 is 5.96. The van der Waals surface area contributed by atoms with Gasteiger partial charge in [-0.15, -0.1) is 0 Å².